The van der Waals surface area contributed by atoms with E-state index < -0.39 is 6.36 Å². The van der Waals surface area contributed by atoms with E-state index in [1.54, 1.807) is 6.07 Å². The molecule has 2 fully saturated rings. The summed E-state index contributed by atoms with van der Waals surface area (Å²) in [5.41, 5.74) is 3.13. The summed E-state index contributed by atoms with van der Waals surface area (Å²) in [4.78, 5) is 8.49. The Kier molecular flexibility index (Phi) is 7.08. The van der Waals surface area contributed by atoms with Gasteiger partial charge in [-0.15, -0.1) is 13.2 Å². The zero-order valence-corrected chi connectivity index (χ0v) is 18.1. The normalized spacial score (nSPS) is 21.6. The first-order valence-electron chi connectivity index (χ1n) is 11.4. The number of piperidine rings is 1. The smallest absolute Gasteiger partial charge is 0.406 e. The maximum atomic E-state index is 12.7. The van der Waals surface area contributed by atoms with Gasteiger partial charge in [-0.1, -0.05) is 19.8 Å². The van der Waals surface area contributed by atoms with Gasteiger partial charge in [-0.05, 0) is 43.5 Å². The van der Waals surface area contributed by atoms with Crippen LogP contribution in [0.3, 0.4) is 0 Å². The monoisotopic (exact) mass is 439 g/mol. The number of aromatic amines is 1. The van der Waals surface area contributed by atoms with E-state index in [9.17, 15) is 13.2 Å². The number of aromatic nitrogens is 1. The number of H-pyrrole nitrogens is 1. The Bertz CT molecular complexity index is 862. The van der Waals surface area contributed by atoms with Crippen molar-refractivity contribution >= 4 is 10.9 Å². The summed E-state index contributed by atoms with van der Waals surface area (Å²) in [5, 5.41) is 1.00. The molecule has 2 aromatic rings. The molecule has 0 bridgehead atoms. The first-order chi connectivity index (χ1) is 14.9. The van der Waals surface area contributed by atoms with Crippen LogP contribution in [0.4, 0.5) is 13.2 Å². The third-order valence-corrected chi connectivity index (χ3v) is 6.40. The number of likely N-dealkylation sites (tertiary alicyclic amines) is 1. The highest BCUT2D eigenvalue weighted by molar-refractivity contribution is 5.86. The van der Waals surface area contributed by atoms with Crippen molar-refractivity contribution < 1.29 is 22.6 Å². The number of fused-ring (bicyclic) bond motifs is 1. The number of rotatable bonds is 7. The van der Waals surface area contributed by atoms with Crippen LogP contribution in [0.1, 0.15) is 49.9 Å². The zero-order valence-electron chi connectivity index (χ0n) is 18.1. The van der Waals surface area contributed by atoms with Crippen LogP contribution in [-0.2, 0) is 11.2 Å². The number of morpholine rings is 1. The Hall–Kier alpha value is -1.77. The second-order valence-electron chi connectivity index (χ2n) is 8.52. The Morgan fingerprint density at radius 3 is 2.68 bits per heavy atom. The second-order valence-corrected chi connectivity index (χ2v) is 8.52. The van der Waals surface area contributed by atoms with E-state index in [2.05, 4.69) is 26.4 Å². The summed E-state index contributed by atoms with van der Waals surface area (Å²) >= 11 is 0. The molecule has 0 radical (unpaired) electrons. The van der Waals surface area contributed by atoms with Crippen molar-refractivity contribution in [1.82, 2.24) is 14.8 Å². The van der Waals surface area contributed by atoms with Gasteiger partial charge in [-0.2, -0.15) is 0 Å². The molecule has 1 atom stereocenters. The fraction of sp³-hybridized carbons (Fsp3) is 0.652. The fourth-order valence-corrected chi connectivity index (χ4v) is 4.94. The van der Waals surface area contributed by atoms with Crippen molar-refractivity contribution in [3.05, 3.63) is 29.5 Å². The van der Waals surface area contributed by atoms with E-state index in [0.29, 0.717) is 0 Å². The number of hydrogen-bond acceptors (Lipinski definition) is 4. The molecule has 2 aliphatic rings. The van der Waals surface area contributed by atoms with E-state index >= 15 is 0 Å². The summed E-state index contributed by atoms with van der Waals surface area (Å²) in [6.07, 6.45) is 0.631. The molecule has 0 amide bonds. The third kappa shape index (κ3) is 5.54. The molecule has 2 aliphatic heterocycles. The number of benzene rings is 1. The lowest BCUT2D eigenvalue weighted by Gasteiger charge is -2.38. The summed E-state index contributed by atoms with van der Waals surface area (Å²) < 4.78 is 47.6. The second kappa shape index (κ2) is 9.79. The average molecular weight is 440 g/mol. The molecule has 1 unspecified atom stereocenters. The minimum absolute atomic E-state index is 0.177. The summed E-state index contributed by atoms with van der Waals surface area (Å²) in [6, 6.07) is 4.94. The maximum Gasteiger partial charge on any atom is 0.573 e. The summed E-state index contributed by atoms with van der Waals surface area (Å²) in [5.74, 6) is -0.177. The van der Waals surface area contributed by atoms with Crippen molar-refractivity contribution in [2.45, 2.75) is 51.4 Å². The highest BCUT2D eigenvalue weighted by Gasteiger charge is 2.32. The number of nitrogens with one attached hydrogen (secondary N) is 1. The molecule has 0 aliphatic carbocycles. The van der Waals surface area contributed by atoms with Crippen LogP contribution in [0.25, 0.3) is 10.9 Å². The molecule has 1 aromatic heterocycles. The van der Waals surface area contributed by atoms with Crippen molar-refractivity contribution in [2.75, 3.05) is 45.9 Å². The molecule has 1 aromatic carbocycles. The summed E-state index contributed by atoms with van der Waals surface area (Å²) in [7, 11) is 0. The molecule has 8 heteroatoms. The Labute approximate surface area is 181 Å². The number of ether oxygens (including phenoxy) is 2. The van der Waals surface area contributed by atoms with E-state index in [4.69, 9.17) is 4.74 Å². The number of aryl methyl sites for hydroxylation is 1. The quantitative estimate of drug-likeness (QED) is 0.668. The van der Waals surface area contributed by atoms with Crippen LogP contribution in [-0.4, -0.2) is 67.1 Å². The number of hydrogen-bond donors (Lipinski definition) is 1. The van der Waals surface area contributed by atoms with Gasteiger partial charge in [0, 0.05) is 48.8 Å². The highest BCUT2D eigenvalue weighted by atomic mass is 19.4. The Morgan fingerprint density at radius 2 is 1.94 bits per heavy atom. The van der Waals surface area contributed by atoms with Crippen molar-refractivity contribution in [3.8, 4) is 5.75 Å². The topological polar surface area (TPSA) is 40.7 Å². The SMILES string of the molecule is CCCc1c(C2CCCCN2CCN2CCOCC2)[nH]c2cc(OC(F)(F)F)ccc12. The Balaban J connectivity index is 1.59. The van der Waals surface area contributed by atoms with Crippen LogP contribution in [0.15, 0.2) is 18.2 Å². The lowest BCUT2D eigenvalue weighted by molar-refractivity contribution is -0.274. The largest absolute Gasteiger partial charge is 0.573 e. The Morgan fingerprint density at radius 1 is 1.13 bits per heavy atom. The van der Waals surface area contributed by atoms with Crippen LogP contribution in [0.5, 0.6) is 5.75 Å². The predicted octanol–water partition coefficient (Wildman–Crippen LogP) is 4.88. The molecule has 2 saturated heterocycles. The van der Waals surface area contributed by atoms with Gasteiger partial charge in [0.05, 0.1) is 19.3 Å². The predicted molar refractivity (Wildman–Crippen MR) is 114 cm³/mol. The zero-order chi connectivity index (χ0) is 21.8. The van der Waals surface area contributed by atoms with Crippen molar-refractivity contribution in [3.63, 3.8) is 0 Å². The van der Waals surface area contributed by atoms with Gasteiger partial charge in [0.1, 0.15) is 5.75 Å². The molecule has 5 nitrogen and oxygen atoms in total. The van der Waals surface area contributed by atoms with Crippen LogP contribution in [0.2, 0.25) is 0 Å². The average Bonchev–Trinajstić information content (AvgIpc) is 3.10. The number of halogens is 3. The number of alkyl halides is 3. The standard InChI is InChI=1S/C23H32F3N3O2/c1-2-5-19-18-8-7-17(31-23(24,25)26)16-20(18)27-22(19)21-6-3-4-9-29(21)11-10-28-12-14-30-15-13-28/h7-8,16,21,27H,2-6,9-15H2,1H3. The first-order valence-corrected chi connectivity index (χ1v) is 11.4. The molecular weight excluding hydrogens is 407 g/mol. The van der Waals surface area contributed by atoms with Crippen LogP contribution in [0, 0.1) is 0 Å². The molecule has 0 saturated carbocycles. The molecule has 0 spiro atoms. The molecule has 4 rings (SSSR count). The maximum absolute atomic E-state index is 12.7. The van der Waals surface area contributed by atoms with E-state index in [1.165, 1.54) is 36.2 Å². The highest BCUT2D eigenvalue weighted by Crippen LogP contribution is 2.37. The van der Waals surface area contributed by atoms with Crippen molar-refractivity contribution in [2.24, 2.45) is 0 Å². The lowest BCUT2D eigenvalue weighted by Crippen LogP contribution is -2.43. The van der Waals surface area contributed by atoms with Crippen molar-refractivity contribution in [1.29, 1.82) is 0 Å². The van der Waals surface area contributed by atoms with E-state index in [1.807, 2.05) is 0 Å². The fourth-order valence-electron chi connectivity index (χ4n) is 4.94. The molecule has 172 valence electrons. The minimum atomic E-state index is -4.69. The van der Waals surface area contributed by atoms with Gasteiger partial charge in [0.25, 0.3) is 0 Å². The third-order valence-electron chi connectivity index (χ3n) is 6.40. The summed E-state index contributed by atoms with van der Waals surface area (Å²) in [6.45, 7) is 8.77. The van der Waals surface area contributed by atoms with Crippen LogP contribution < -0.4 is 4.74 Å². The first kappa shape index (κ1) is 22.4. The van der Waals surface area contributed by atoms with Gasteiger partial charge in [-0.3, -0.25) is 9.80 Å². The van der Waals surface area contributed by atoms with E-state index in [0.717, 1.165) is 76.1 Å². The molecular formula is C23H32F3N3O2. The van der Waals surface area contributed by atoms with Crippen LogP contribution >= 0.6 is 0 Å². The van der Waals surface area contributed by atoms with Gasteiger partial charge in [-0.25, -0.2) is 0 Å². The lowest BCUT2D eigenvalue weighted by atomic mass is 9.94. The van der Waals surface area contributed by atoms with Gasteiger partial charge < -0.3 is 14.5 Å². The van der Waals surface area contributed by atoms with Gasteiger partial charge >= 0.3 is 6.36 Å². The molecule has 3 heterocycles. The van der Waals surface area contributed by atoms with Gasteiger partial charge in [0.2, 0.25) is 0 Å². The minimum Gasteiger partial charge on any atom is -0.406 e. The van der Waals surface area contributed by atoms with E-state index in [-0.39, 0.29) is 11.8 Å². The van der Waals surface area contributed by atoms with Gasteiger partial charge in [0.15, 0.2) is 0 Å². The molecule has 1 N–H and O–H groups in total. The molecule has 31 heavy (non-hydrogen) atoms. The number of nitrogens with zero attached hydrogens (tertiary/aromatic N) is 2.